The summed E-state index contributed by atoms with van der Waals surface area (Å²) in [5.74, 6) is -0.0652. The van der Waals surface area contributed by atoms with Crippen LogP contribution in [0.25, 0.3) is 0 Å². The number of halogens is 1. The molecule has 0 fully saturated rings. The summed E-state index contributed by atoms with van der Waals surface area (Å²) in [6.45, 7) is 3.64. The van der Waals surface area contributed by atoms with Gasteiger partial charge in [-0.25, -0.2) is 9.37 Å². The lowest BCUT2D eigenvalue weighted by atomic mass is 9.94. The van der Waals surface area contributed by atoms with Crippen molar-refractivity contribution in [1.29, 1.82) is 0 Å². The molecule has 0 aliphatic heterocycles. The van der Waals surface area contributed by atoms with E-state index < -0.39 is 0 Å². The Bertz CT molecular complexity index is 530. The molecule has 2 aromatic rings. The molecule has 0 saturated carbocycles. The third kappa shape index (κ3) is 3.85. The molecule has 0 amide bonds. The minimum atomic E-state index is -0.297. The average Bonchev–Trinajstić information content (AvgIpc) is 2.91. The number of hydrogen-bond acceptors (Lipinski definition) is 4. The van der Waals surface area contributed by atoms with Crippen LogP contribution in [-0.2, 0) is 6.54 Å². The summed E-state index contributed by atoms with van der Waals surface area (Å²) in [7, 11) is 2.03. The molecule has 1 heterocycles. The van der Waals surface area contributed by atoms with Gasteiger partial charge in [0, 0.05) is 30.1 Å². The number of benzene rings is 1. The average molecular weight is 293 g/mol. The van der Waals surface area contributed by atoms with E-state index in [2.05, 4.69) is 16.8 Å². The molecule has 0 radical (unpaired) electrons. The Labute approximate surface area is 123 Å². The Morgan fingerprint density at radius 1 is 1.40 bits per heavy atom. The van der Waals surface area contributed by atoms with Crippen LogP contribution in [0.3, 0.4) is 0 Å². The molecule has 1 aromatic carbocycles. The van der Waals surface area contributed by atoms with Gasteiger partial charge in [0.1, 0.15) is 5.82 Å². The third-order valence-corrected chi connectivity index (χ3v) is 4.03. The normalized spacial score (nSPS) is 14.4. The topological polar surface area (TPSA) is 42.2 Å². The van der Waals surface area contributed by atoms with E-state index in [1.54, 1.807) is 23.5 Å². The van der Waals surface area contributed by atoms with Gasteiger partial charge in [-0.2, -0.15) is 0 Å². The predicted octanol–water partition coefficient (Wildman–Crippen LogP) is 3.05. The van der Waals surface area contributed by atoms with Crippen LogP contribution < -0.4 is 5.73 Å². The second-order valence-corrected chi connectivity index (χ2v) is 5.92. The van der Waals surface area contributed by atoms with Crippen LogP contribution in [0.5, 0.6) is 0 Å². The standard InChI is InChI=1S/C15H20FN3S/c1-11(7-19(2)8-12-9-20-10-18-12)15(17)13-5-3-4-6-14(13)16/h3-6,9-11,15H,7-8,17H2,1-2H3. The summed E-state index contributed by atoms with van der Waals surface area (Å²) in [4.78, 5) is 6.43. The number of nitrogens with zero attached hydrogens (tertiary/aromatic N) is 2. The van der Waals surface area contributed by atoms with Crippen LogP contribution in [-0.4, -0.2) is 23.5 Å². The quantitative estimate of drug-likeness (QED) is 0.890. The fourth-order valence-electron chi connectivity index (χ4n) is 2.31. The Balaban J connectivity index is 1.94. The summed E-state index contributed by atoms with van der Waals surface area (Å²) in [6.07, 6.45) is 0. The minimum Gasteiger partial charge on any atom is -0.324 e. The smallest absolute Gasteiger partial charge is 0.127 e. The number of rotatable bonds is 6. The lowest BCUT2D eigenvalue weighted by Crippen LogP contribution is -2.31. The van der Waals surface area contributed by atoms with Crippen molar-refractivity contribution in [1.82, 2.24) is 9.88 Å². The molecule has 0 spiro atoms. The highest BCUT2D eigenvalue weighted by Crippen LogP contribution is 2.22. The Morgan fingerprint density at radius 3 is 2.80 bits per heavy atom. The van der Waals surface area contributed by atoms with Crippen molar-refractivity contribution < 1.29 is 4.39 Å². The highest BCUT2D eigenvalue weighted by atomic mass is 32.1. The fourth-order valence-corrected chi connectivity index (χ4v) is 2.86. The summed E-state index contributed by atoms with van der Waals surface area (Å²) in [5.41, 5.74) is 9.66. The molecule has 2 unspecified atom stereocenters. The largest absolute Gasteiger partial charge is 0.324 e. The molecule has 108 valence electrons. The minimum absolute atomic E-state index is 0.163. The van der Waals surface area contributed by atoms with E-state index in [4.69, 9.17) is 5.73 Å². The maximum absolute atomic E-state index is 13.7. The molecular weight excluding hydrogens is 273 g/mol. The van der Waals surface area contributed by atoms with Gasteiger partial charge < -0.3 is 10.6 Å². The van der Waals surface area contributed by atoms with E-state index >= 15 is 0 Å². The highest BCUT2D eigenvalue weighted by molar-refractivity contribution is 7.07. The van der Waals surface area contributed by atoms with Crippen LogP contribution in [0.2, 0.25) is 0 Å². The molecule has 2 atom stereocenters. The summed E-state index contributed by atoms with van der Waals surface area (Å²) >= 11 is 1.59. The molecule has 3 nitrogen and oxygen atoms in total. The lowest BCUT2D eigenvalue weighted by molar-refractivity contribution is 0.254. The molecule has 0 aliphatic rings. The van der Waals surface area contributed by atoms with Gasteiger partial charge in [-0.3, -0.25) is 0 Å². The maximum atomic E-state index is 13.7. The zero-order valence-electron chi connectivity index (χ0n) is 11.8. The van der Waals surface area contributed by atoms with Crippen molar-refractivity contribution in [3.05, 3.63) is 52.2 Å². The first-order valence-electron chi connectivity index (χ1n) is 6.63. The zero-order chi connectivity index (χ0) is 14.5. The Hall–Kier alpha value is -1.30. The van der Waals surface area contributed by atoms with Crippen molar-refractivity contribution >= 4 is 11.3 Å². The highest BCUT2D eigenvalue weighted by Gasteiger charge is 2.19. The zero-order valence-corrected chi connectivity index (χ0v) is 12.6. The van der Waals surface area contributed by atoms with Crippen LogP contribution >= 0.6 is 11.3 Å². The molecule has 2 N–H and O–H groups in total. The van der Waals surface area contributed by atoms with Crippen molar-refractivity contribution in [2.75, 3.05) is 13.6 Å². The van der Waals surface area contributed by atoms with E-state index in [0.29, 0.717) is 5.56 Å². The number of nitrogens with two attached hydrogens (primary N) is 1. The number of thiazole rings is 1. The fraction of sp³-hybridized carbons (Fsp3) is 0.400. The van der Waals surface area contributed by atoms with Crippen molar-refractivity contribution in [2.24, 2.45) is 11.7 Å². The van der Waals surface area contributed by atoms with Crippen molar-refractivity contribution in [2.45, 2.75) is 19.5 Å². The van der Waals surface area contributed by atoms with E-state index in [1.807, 2.05) is 24.0 Å². The molecule has 2 rings (SSSR count). The van der Waals surface area contributed by atoms with Gasteiger partial charge in [0.05, 0.1) is 11.2 Å². The lowest BCUT2D eigenvalue weighted by Gasteiger charge is -2.25. The van der Waals surface area contributed by atoms with E-state index in [0.717, 1.165) is 18.8 Å². The van der Waals surface area contributed by atoms with Gasteiger partial charge in [0.15, 0.2) is 0 Å². The van der Waals surface area contributed by atoms with Gasteiger partial charge in [-0.1, -0.05) is 25.1 Å². The van der Waals surface area contributed by atoms with E-state index in [-0.39, 0.29) is 17.8 Å². The molecule has 20 heavy (non-hydrogen) atoms. The van der Waals surface area contributed by atoms with Gasteiger partial charge in [0.25, 0.3) is 0 Å². The summed E-state index contributed by atoms with van der Waals surface area (Å²) in [6, 6.07) is 6.43. The molecule has 5 heteroatoms. The molecule has 1 aromatic heterocycles. The number of hydrogen-bond donors (Lipinski definition) is 1. The van der Waals surface area contributed by atoms with Crippen LogP contribution in [0.4, 0.5) is 4.39 Å². The van der Waals surface area contributed by atoms with Crippen LogP contribution in [0, 0.1) is 11.7 Å². The number of aromatic nitrogens is 1. The van der Waals surface area contributed by atoms with Gasteiger partial charge in [-0.05, 0) is 19.0 Å². The van der Waals surface area contributed by atoms with E-state index in [1.165, 1.54) is 6.07 Å². The third-order valence-electron chi connectivity index (χ3n) is 3.39. The van der Waals surface area contributed by atoms with Crippen molar-refractivity contribution in [3.63, 3.8) is 0 Å². The summed E-state index contributed by atoms with van der Waals surface area (Å²) < 4.78 is 13.7. The second kappa shape index (κ2) is 6.92. The molecule has 0 bridgehead atoms. The maximum Gasteiger partial charge on any atom is 0.127 e. The van der Waals surface area contributed by atoms with Crippen LogP contribution in [0.15, 0.2) is 35.2 Å². The van der Waals surface area contributed by atoms with E-state index in [9.17, 15) is 4.39 Å². The summed E-state index contributed by atoms with van der Waals surface area (Å²) in [5, 5.41) is 2.04. The SMILES string of the molecule is CC(CN(C)Cc1cscn1)C(N)c1ccccc1F. The van der Waals surface area contributed by atoms with Gasteiger partial charge in [-0.15, -0.1) is 11.3 Å². The second-order valence-electron chi connectivity index (χ2n) is 5.20. The monoisotopic (exact) mass is 293 g/mol. The molecular formula is C15H20FN3S. The first kappa shape index (κ1) is 15.1. The molecule has 0 saturated heterocycles. The van der Waals surface area contributed by atoms with Gasteiger partial charge >= 0.3 is 0 Å². The first-order chi connectivity index (χ1) is 9.58. The first-order valence-corrected chi connectivity index (χ1v) is 7.58. The Kier molecular flexibility index (Phi) is 5.23. The van der Waals surface area contributed by atoms with Crippen LogP contribution in [0.1, 0.15) is 24.2 Å². The Morgan fingerprint density at radius 2 is 2.15 bits per heavy atom. The van der Waals surface area contributed by atoms with Gasteiger partial charge in [0.2, 0.25) is 0 Å². The van der Waals surface area contributed by atoms with Crippen molar-refractivity contribution in [3.8, 4) is 0 Å². The molecule has 0 aliphatic carbocycles. The predicted molar refractivity (Wildman–Crippen MR) is 80.9 cm³/mol.